The highest BCUT2D eigenvalue weighted by molar-refractivity contribution is 9.11. The molecule has 0 atom stereocenters. The Kier molecular flexibility index (Phi) is 4.85. The molecular weight excluding hydrogens is 448 g/mol. The molecule has 20 heavy (non-hydrogen) atoms. The first-order valence-electron chi connectivity index (χ1n) is 5.17. The predicted octanol–water partition coefficient (Wildman–Crippen LogP) is 3.71. The number of benzene rings is 1. The van der Waals surface area contributed by atoms with E-state index in [-0.39, 0.29) is 9.20 Å². The van der Waals surface area contributed by atoms with Crippen molar-refractivity contribution >= 4 is 76.1 Å². The number of anilines is 1. The number of sulfonamides is 1. The Bertz CT molecular complexity index is 772. The van der Waals surface area contributed by atoms with E-state index in [0.29, 0.717) is 11.3 Å². The number of halogens is 2. The van der Waals surface area contributed by atoms with E-state index in [0.717, 1.165) is 19.6 Å². The number of thiophene rings is 1. The number of thiocarbonyl (C=S) groups is 1. The van der Waals surface area contributed by atoms with Crippen LogP contribution in [0.25, 0.3) is 0 Å². The first-order valence-corrected chi connectivity index (χ1v) is 9.46. The van der Waals surface area contributed by atoms with Gasteiger partial charge in [0.25, 0.3) is 10.0 Å². The first-order chi connectivity index (χ1) is 9.29. The van der Waals surface area contributed by atoms with Crippen LogP contribution < -0.4 is 10.5 Å². The molecule has 1 aromatic heterocycles. The highest BCUT2D eigenvalue weighted by Crippen LogP contribution is 2.29. The van der Waals surface area contributed by atoms with Crippen molar-refractivity contribution in [2.24, 2.45) is 5.73 Å². The number of rotatable bonds is 4. The summed E-state index contributed by atoms with van der Waals surface area (Å²) < 4.78 is 28.7. The zero-order valence-corrected chi connectivity index (χ0v) is 15.4. The van der Waals surface area contributed by atoms with Crippen LogP contribution in [-0.2, 0) is 10.0 Å². The van der Waals surface area contributed by atoms with Gasteiger partial charge in [-0.05, 0) is 46.3 Å². The standard InChI is InChI=1S/C11H8Br2N2O2S3/c12-6-1-2-8(7(5-6)11(14)18)15-20(16,17)10-4-3-9(13)19-10/h1-5,15H,(H2,14,18). The molecule has 0 aliphatic carbocycles. The monoisotopic (exact) mass is 454 g/mol. The van der Waals surface area contributed by atoms with Gasteiger partial charge in [-0.15, -0.1) is 11.3 Å². The fourth-order valence-electron chi connectivity index (χ4n) is 1.45. The van der Waals surface area contributed by atoms with Gasteiger partial charge in [0.15, 0.2) is 0 Å². The molecule has 2 aromatic rings. The molecule has 0 saturated carbocycles. The van der Waals surface area contributed by atoms with E-state index in [1.54, 1.807) is 24.3 Å². The molecule has 3 N–H and O–H groups in total. The Morgan fingerprint density at radius 1 is 1.25 bits per heavy atom. The lowest BCUT2D eigenvalue weighted by molar-refractivity contribution is 0.603. The Morgan fingerprint density at radius 2 is 1.95 bits per heavy atom. The van der Waals surface area contributed by atoms with E-state index in [1.807, 2.05) is 0 Å². The molecule has 1 heterocycles. The minimum absolute atomic E-state index is 0.122. The van der Waals surface area contributed by atoms with E-state index in [4.69, 9.17) is 18.0 Å². The van der Waals surface area contributed by atoms with Crippen molar-refractivity contribution in [3.8, 4) is 0 Å². The van der Waals surface area contributed by atoms with Crippen LogP contribution in [-0.4, -0.2) is 13.4 Å². The molecule has 0 saturated heterocycles. The number of hydrogen-bond acceptors (Lipinski definition) is 4. The molecule has 0 amide bonds. The SMILES string of the molecule is NC(=S)c1cc(Br)ccc1NS(=O)(=O)c1ccc(Br)s1. The summed E-state index contributed by atoms with van der Waals surface area (Å²) in [7, 11) is -3.65. The summed E-state index contributed by atoms with van der Waals surface area (Å²) in [5.74, 6) is 0. The summed E-state index contributed by atoms with van der Waals surface area (Å²) in [6.07, 6.45) is 0. The van der Waals surface area contributed by atoms with Gasteiger partial charge in [-0.25, -0.2) is 8.42 Å². The Balaban J connectivity index is 2.42. The van der Waals surface area contributed by atoms with Gasteiger partial charge in [0, 0.05) is 10.0 Å². The maximum atomic E-state index is 12.3. The second kappa shape index (κ2) is 6.10. The van der Waals surface area contributed by atoms with Crippen molar-refractivity contribution in [2.45, 2.75) is 4.21 Å². The van der Waals surface area contributed by atoms with Gasteiger partial charge >= 0.3 is 0 Å². The van der Waals surface area contributed by atoms with Crippen LogP contribution in [0, 0.1) is 0 Å². The smallest absolute Gasteiger partial charge is 0.271 e. The lowest BCUT2D eigenvalue weighted by Crippen LogP contribution is -2.17. The van der Waals surface area contributed by atoms with Crippen LogP contribution in [0.3, 0.4) is 0 Å². The van der Waals surface area contributed by atoms with Crippen molar-refractivity contribution in [1.82, 2.24) is 0 Å². The summed E-state index contributed by atoms with van der Waals surface area (Å²) >= 11 is 12.6. The number of nitrogens with two attached hydrogens (primary N) is 1. The normalized spacial score (nSPS) is 11.3. The van der Waals surface area contributed by atoms with Gasteiger partial charge in [-0.2, -0.15) is 0 Å². The first kappa shape index (κ1) is 15.9. The second-order valence-corrected chi connectivity index (χ2v) is 9.45. The van der Waals surface area contributed by atoms with Crippen LogP contribution in [0.1, 0.15) is 5.56 Å². The predicted molar refractivity (Wildman–Crippen MR) is 92.9 cm³/mol. The van der Waals surface area contributed by atoms with Gasteiger partial charge < -0.3 is 5.73 Å². The largest absolute Gasteiger partial charge is 0.389 e. The summed E-state index contributed by atoms with van der Waals surface area (Å²) in [6, 6.07) is 8.19. The fourth-order valence-corrected chi connectivity index (χ4v) is 5.07. The molecule has 0 unspecified atom stereocenters. The molecule has 106 valence electrons. The summed E-state index contributed by atoms with van der Waals surface area (Å²) in [6.45, 7) is 0. The minimum Gasteiger partial charge on any atom is -0.389 e. The Morgan fingerprint density at radius 3 is 2.50 bits per heavy atom. The Hall–Kier alpha value is -0.480. The van der Waals surface area contributed by atoms with Gasteiger partial charge in [0.2, 0.25) is 0 Å². The van der Waals surface area contributed by atoms with E-state index in [1.165, 1.54) is 6.07 Å². The zero-order chi connectivity index (χ0) is 14.9. The topological polar surface area (TPSA) is 72.2 Å². The second-order valence-electron chi connectivity index (χ2n) is 3.72. The Labute approximate surface area is 142 Å². The van der Waals surface area contributed by atoms with Crippen molar-refractivity contribution in [2.75, 3.05) is 4.72 Å². The molecule has 0 spiro atoms. The summed E-state index contributed by atoms with van der Waals surface area (Å²) in [5.41, 5.74) is 6.43. The third-order valence-corrected chi connectivity index (χ3v) is 6.50. The third-order valence-electron chi connectivity index (χ3n) is 2.30. The van der Waals surface area contributed by atoms with E-state index < -0.39 is 10.0 Å². The maximum Gasteiger partial charge on any atom is 0.271 e. The van der Waals surface area contributed by atoms with Crippen molar-refractivity contribution in [3.05, 3.63) is 44.2 Å². The van der Waals surface area contributed by atoms with Gasteiger partial charge in [-0.3, -0.25) is 4.72 Å². The molecule has 0 radical (unpaired) electrons. The number of hydrogen-bond donors (Lipinski definition) is 2. The molecule has 0 bridgehead atoms. The van der Waals surface area contributed by atoms with Gasteiger partial charge in [0.1, 0.15) is 9.20 Å². The van der Waals surface area contributed by atoms with E-state index in [9.17, 15) is 8.42 Å². The van der Waals surface area contributed by atoms with Crippen molar-refractivity contribution in [1.29, 1.82) is 0 Å². The molecule has 4 nitrogen and oxygen atoms in total. The third kappa shape index (κ3) is 3.59. The fraction of sp³-hybridized carbons (Fsp3) is 0. The molecule has 1 aromatic carbocycles. The highest BCUT2D eigenvalue weighted by atomic mass is 79.9. The van der Waals surface area contributed by atoms with Crippen LogP contribution >= 0.6 is 55.4 Å². The van der Waals surface area contributed by atoms with Crippen molar-refractivity contribution < 1.29 is 8.42 Å². The summed E-state index contributed by atoms with van der Waals surface area (Å²) in [5, 5.41) is 0. The van der Waals surface area contributed by atoms with Crippen LogP contribution in [0.5, 0.6) is 0 Å². The zero-order valence-electron chi connectivity index (χ0n) is 9.76. The highest BCUT2D eigenvalue weighted by Gasteiger charge is 2.19. The average molecular weight is 456 g/mol. The summed E-state index contributed by atoms with van der Waals surface area (Å²) in [4.78, 5) is 0.122. The lowest BCUT2D eigenvalue weighted by Gasteiger charge is -2.11. The molecular formula is C11H8Br2N2O2S3. The molecule has 9 heteroatoms. The van der Waals surface area contributed by atoms with E-state index >= 15 is 0 Å². The quantitative estimate of drug-likeness (QED) is 0.689. The lowest BCUT2D eigenvalue weighted by atomic mass is 10.2. The molecule has 0 aliphatic rings. The molecule has 0 aliphatic heterocycles. The molecule has 2 rings (SSSR count). The van der Waals surface area contributed by atoms with Crippen LogP contribution in [0.15, 0.2) is 42.8 Å². The van der Waals surface area contributed by atoms with Crippen LogP contribution in [0.2, 0.25) is 0 Å². The van der Waals surface area contributed by atoms with Crippen LogP contribution in [0.4, 0.5) is 5.69 Å². The average Bonchev–Trinajstić information content (AvgIpc) is 2.78. The van der Waals surface area contributed by atoms with E-state index in [2.05, 4.69) is 36.6 Å². The molecule has 0 fully saturated rings. The van der Waals surface area contributed by atoms with Gasteiger partial charge in [0.05, 0.1) is 9.47 Å². The van der Waals surface area contributed by atoms with Crippen molar-refractivity contribution in [3.63, 3.8) is 0 Å². The van der Waals surface area contributed by atoms with Gasteiger partial charge in [-0.1, -0.05) is 28.1 Å². The minimum atomic E-state index is -3.65. The maximum absolute atomic E-state index is 12.3. The number of nitrogens with one attached hydrogen (secondary N) is 1.